The molecule has 2 atom stereocenters. The second-order valence-electron chi connectivity index (χ2n) is 7.02. The highest BCUT2D eigenvalue weighted by molar-refractivity contribution is 5.93. The number of likely N-dealkylation sites (tertiary alicyclic amines) is 1. The van der Waals surface area contributed by atoms with Crippen LogP contribution in [-0.2, 0) is 11.3 Å². The number of benzene rings is 2. The lowest BCUT2D eigenvalue weighted by Gasteiger charge is -2.21. The van der Waals surface area contributed by atoms with Gasteiger partial charge in [0.05, 0.1) is 26.1 Å². The Morgan fingerprint density at radius 1 is 1.07 bits per heavy atom. The van der Waals surface area contributed by atoms with E-state index in [2.05, 4.69) is 5.32 Å². The van der Waals surface area contributed by atoms with E-state index >= 15 is 0 Å². The third kappa shape index (κ3) is 5.20. The summed E-state index contributed by atoms with van der Waals surface area (Å²) < 4.78 is 51.1. The molecule has 0 unspecified atom stereocenters. The smallest absolute Gasteiger partial charge is 0.393 e. The van der Waals surface area contributed by atoms with Gasteiger partial charge in [0.2, 0.25) is 5.91 Å². The zero-order chi connectivity index (χ0) is 21.0. The van der Waals surface area contributed by atoms with E-state index in [1.165, 1.54) is 14.2 Å². The Balaban J connectivity index is 1.76. The number of carbonyl (C=O) groups is 1. The highest BCUT2D eigenvalue weighted by Gasteiger charge is 2.52. The van der Waals surface area contributed by atoms with Crippen molar-refractivity contribution in [2.24, 2.45) is 11.8 Å². The zero-order valence-electron chi connectivity index (χ0n) is 16.2. The topological polar surface area (TPSA) is 50.8 Å². The molecule has 1 fully saturated rings. The summed E-state index contributed by atoms with van der Waals surface area (Å²) in [5, 5.41) is 2.59. The van der Waals surface area contributed by atoms with Crippen LogP contribution in [0.5, 0.6) is 11.5 Å². The molecule has 0 aliphatic carbocycles. The van der Waals surface area contributed by atoms with Gasteiger partial charge in [0.25, 0.3) is 0 Å². The van der Waals surface area contributed by atoms with E-state index in [-0.39, 0.29) is 13.1 Å². The highest BCUT2D eigenvalue weighted by atomic mass is 19.4. The Labute approximate surface area is 167 Å². The fourth-order valence-electron chi connectivity index (χ4n) is 3.57. The number of alkyl halides is 3. The molecular weight excluding hydrogens is 385 g/mol. The maximum absolute atomic E-state index is 13.6. The van der Waals surface area contributed by atoms with Crippen LogP contribution in [0.3, 0.4) is 0 Å². The van der Waals surface area contributed by atoms with Crippen LogP contribution in [0.4, 0.5) is 18.9 Å². The van der Waals surface area contributed by atoms with Crippen LogP contribution < -0.4 is 14.8 Å². The zero-order valence-corrected chi connectivity index (χ0v) is 16.2. The standard InChI is InChI=1S/C21H23F3N2O3/c1-28-16-8-15(9-17(10-16)29-2)25-20(27)18-12-26(13-19(18)21(22,23)24)11-14-6-4-3-5-7-14/h3-10,18-19H,11-13H2,1-2H3,(H,25,27)/t18-,19+/m0/s1. The van der Waals surface area contributed by atoms with Gasteiger partial charge in [-0.1, -0.05) is 30.3 Å². The third-order valence-corrected chi connectivity index (χ3v) is 5.02. The molecule has 8 heteroatoms. The van der Waals surface area contributed by atoms with E-state index in [0.717, 1.165) is 5.56 Å². The number of nitrogens with zero attached hydrogens (tertiary/aromatic N) is 1. The van der Waals surface area contributed by atoms with Gasteiger partial charge in [0, 0.05) is 43.5 Å². The van der Waals surface area contributed by atoms with Crippen LogP contribution in [0, 0.1) is 11.8 Å². The number of anilines is 1. The number of ether oxygens (including phenoxy) is 2. The predicted octanol–water partition coefficient (Wildman–Crippen LogP) is 3.95. The average molecular weight is 408 g/mol. The molecule has 1 N–H and O–H groups in total. The number of carbonyl (C=O) groups excluding carboxylic acids is 1. The largest absolute Gasteiger partial charge is 0.497 e. The molecule has 1 aliphatic rings. The number of rotatable bonds is 6. The molecule has 0 spiro atoms. The molecule has 0 bridgehead atoms. The molecule has 156 valence electrons. The summed E-state index contributed by atoms with van der Waals surface area (Å²) in [5.74, 6) is -2.72. The predicted molar refractivity (Wildman–Crippen MR) is 103 cm³/mol. The first-order chi connectivity index (χ1) is 13.8. The van der Waals surface area contributed by atoms with Crippen molar-refractivity contribution in [3.05, 3.63) is 54.1 Å². The van der Waals surface area contributed by atoms with Gasteiger partial charge in [-0.2, -0.15) is 13.2 Å². The maximum Gasteiger partial charge on any atom is 0.393 e. The first-order valence-corrected chi connectivity index (χ1v) is 9.17. The van der Waals surface area contributed by atoms with E-state index in [0.29, 0.717) is 23.7 Å². The van der Waals surface area contributed by atoms with Gasteiger partial charge >= 0.3 is 6.18 Å². The fraction of sp³-hybridized carbons (Fsp3) is 0.381. The number of nitrogens with one attached hydrogen (secondary N) is 1. The summed E-state index contributed by atoms with van der Waals surface area (Å²) in [4.78, 5) is 14.4. The van der Waals surface area contributed by atoms with Crippen LogP contribution in [0.1, 0.15) is 5.56 Å². The van der Waals surface area contributed by atoms with Gasteiger partial charge in [-0.15, -0.1) is 0 Å². The van der Waals surface area contributed by atoms with Gasteiger partial charge in [-0.05, 0) is 5.56 Å². The van der Waals surface area contributed by atoms with Crippen molar-refractivity contribution in [2.75, 3.05) is 32.6 Å². The first-order valence-electron chi connectivity index (χ1n) is 9.17. The van der Waals surface area contributed by atoms with Crippen molar-refractivity contribution in [1.82, 2.24) is 4.90 Å². The Bertz CT molecular complexity index is 821. The first kappa shape index (κ1) is 21.0. The van der Waals surface area contributed by atoms with Crippen LogP contribution in [-0.4, -0.2) is 44.3 Å². The summed E-state index contributed by atoms with van der Waals surface area (Å²) in [5.41, 5.74) is 1.24. The van der Waals surface area contributed by atoms with Crippen LogP contribution in [0.15, 0.2) is 48.5 Å². The second kappa shape index (κ2) is 8.73. The number of methoxy groups -OCH3 is 2. The summed E-state index contributed by atoms with van der Waals surface area (Å²) in [6, 6.07) is 14.0. The van der Waals surface area contributed by atoms with Crippen molar-refractivity contribution < 1.29 is 27.4 Å². The van der Waals surface area contributed by atoms with E-state index < -0.39 is 23.9 Å². The second-order valence-corrected chi connectivity index (χ2v) is 7.02. The van der Waals surface area contributed by atoms with Crippen molar-refractivity contribution in [1.29, 1.82) is 0 Å². The number of amides is 1. The van der Waals surface area contributed by atoms with Gasteiger partial charge in [-0.3, -0.25) is 9.69 Å². The summed E-state index contributed by atoms with van der Waals surface area (Å²) >= 11 is 0. The molecule has 2 aromatic carbocycles. The Kier molecular flexibility index (Phi) is 6.32. The lowest BCUT2D eigenvalue weighted by atomic mass is 9.94. The average Bonchev–Trinajstić information content (AvgIpc) is 3.13. The molecule has 0 radical (unpaired) electrons. The van der Waals surface area contributed by atoms with E-state index in [4.69, 9.17) is 9.47 Å². The molecular formula is C21H23F3N2O3. The Morgan fingerprint density at radius 3 is 2.24 bits per heavy atom. The van der Waals surface area contributed by atoms with Gasteiger partial charge in [0.1, 0.15) is 11.5 Å². The molecule has 1 heterocycles. The molecule has 1 saturated heterocycles. The quantitative estimate of drug-likeness (QED) is 0.786. The molecule has 29 heavy (non-hydrogen) atoms. The van der Waals surface area contributed by atoms with Gasteiger partial charge in [0.15, 0.2) is 0 Å². The SMILES string of the molecule is COc1cc(NC(=O)[C@H]2CN(Cc3ccccc3)C[C@H]2C(F)(F)F)cc(OC)c1. The van der Waals surface area contributed by atoms with Crippen LogP contribution >= 0.6 is 0 Å². The van der Waals surface area contributed by atoms with Crippen molar-refractivity contribution in [3.63, 3.8) is 0 Å². The molecule has 5 nitrogen and oxygen atoms in total. The van der Waals surface area contributed by atoms with Gasteiger partial charge < -0.3 is 14.8 Å². The van der Waals surface area contributed by atoms with E-state index in [1.807, 2.05) is 30.3 Å². The normalized spacial score (nSPS) is 19.8. The number of hydrogen-bond acceptors (Lipinski definition) is 4. The molecule has 0 saturated carbocycles. The van der Waals surface area contributed by atoms with Crippen LogP contribution in [0.2, 0.25) is 0 Å². The summed E-state index contributed by atoms with van der Waals surface area (Å²) in [6.07, 6.45) is -4.46. The molecule has 1 aliphatic heterocycles. The third-order valence-electron chi connectivity index (χ3n) is 5.02. The minimum atomic E-state index is -4.46. The molecule has 1 amide bonds. The molecule has 0 aromatic heterocycles. The van der Waals surface area contributed by atoms with Crippen molar-refractivity contribution in [2.45, 2.75) is 12.7 Å². The van der Waals surface area contributed by atoms with Gasteiger partial charge in [-0.25, -0.2) is 0 Å². The highest BCUT2D eigenvalue weighted by Crippen LogP contribution is 2.39. The van der Waals surface area contributed by atoms with Crippen molar-refractivity contribution in [3.8, 4) is 11.5 Å². The number of halogens is 3. The minimum absolute atomic E-state index is 0.0337. The molecule has 2 aromatic rings. The summed E-state index contributed by atoms with van der Waals surface area (Å²) in [6.45, 7) is 0.189. The van der Waals surface area contributed by atoms with E-state index in [9.17, 15) is 18.0 Å². The fourth-order valence-corrected chi connectivity index (χ4v) is 3.57. The van der Waals surface area contributed by atoms with Crippen LogP contribution in [0.25, 0.3) is 0 Å². The lowest BCUT2D eigenvalue weighted by molar-refractivity contribution is -0.182. The summed E-state index contributed by atoms with van der Waals surface area (Å²) in [7, 11) is 2.91. The molecule has 3 rings (SSSR count). The minimum Gasteiger partial charge on any atom is -0.497 e. The van der Waals surface area contributed by atoms with E-state index in [1.54, 1.807) is 23.1 Å². The Morgan fingerprint density at radius 2 is 1.69 bits per heavy atom. The Hall–Kier alpha value is -2.74. The maximum atomic E-state index is 13.6. The number of hydrogen-bond donors (Lipinski definition) is 1. The lowest BCUT2D eigenvalue weighted by Crippen LogP contribution is -2.36. The van der Waals surface area contributed by atoms with Crippen molar-refractivity contribution >= 4 is 11.6 Å². The monoisotopic (exact) mass is 408 g/mol.